The third-order valence-electron chi connectivity index (χ3n) is 4.41. The molecule has 24 heavy (non-hydrogen) atoms. The molecule has 0 spiro atoms. The summed E-state index contributed by atoms with van der Waals surface area (Å²) in [6.07, 6.45) is 0. The lowest BCUT2D eigenvalue weighted by atomic mass is 10.2. The molecule has 0 bridgehead atoms. The number of hydrogen-bond donors (Lipinski definition) is 1. The minimum atomic E-state index is -0.118. The highest BCUT2D eigenvalue weighted by Gasteiger charge is 2.25. The van der Waals surface area contributed by atoms with Gasteiger partial charge in [0, 0.05) is 42.9 Å². The van der Waals surface area contributed by atoms with Crippen molar-refractivity contribution in [3.8, 4) is 0 Å². The molecule has 1 fully saturated rings. The molecule has 1 aliphatic heterocycles. The van der Waals surface area contributed by atoms with E-state index in [9.17, 15) is 4.79 Å². The van der Waals surface area contributed by atoms with Gasteiger partial charge in [0.1, 0.15) is 0 Å². The summed E-state index contributed by atoms with van der Waals surface area (Å²) in [6, 6.07) is 9.77. The Kier molecular flexibility index (Phi) is 6.05. The van der Waals surface area contributed by atoms with E-state index in [1.165, 1.54) is 5.56 Å². The van der Waals surface area contributed by atoms with Crippen LogP contribution < -0.4 is 5.32 Å². The molecule has 0 unspecified atom stereocenters. The van der Waals surface area contributed by atoms with Crippen molar-refractivity contribution in [1.82, 2.24) is 9.80 Å². The first-order chi connectivity index (χ1) is 11.6. The van der Waals surface area contributed by atoms with Crippen LogP contribution in [0.15, 0.2) is 45.6 Å². The Bertz CT molecular complexity index is 669. The number of rotatable bonds is 5. The largest absolute Gasteiger partial charge is 0.325 e. The summed E-state index contributed by atoms with van der Waals surface area (Å²) < 4.78 is 0.968. The first kappa shape index (κ1) is 17.6. The predicted octanol–water partition coefficient (Wildman–Crippen LogP) is 3.66. The van der Waals surface area contributed by atoms with Crippen LogP contribution in [0, 0.1) is 0 Å². The fourth-order valence-electron chi connectivity index (χ4n) is 2.93. The zero-order valence-electron chi connectivity index (χ0n) is 13.7. The van der Waals surface area contributed by atoms with Gasteiger partial charge in [-0.05, 0) is 47.5 Å². The zero-order valence-corrected chi connectivity index (χ0v) is 16.1. The topological polar surface area (TPSA) is 35.6 Å². The molecule has 128 valence electrons. The molecule has 1 aromatic heterocycles. The molecule has 0 saturated carbocycles. The molecule has 2 heterocycles. The molecule has 1 N–H and O–H groups in total. The van der Waals surface area contributed by atoms with E-state index in [-0.39, 0.29) is 11.9 Å². The maximum Gasteiger partial charge on any atom is 0.241 e. The van der Waals surface area contributed by atoms with E-state index in [0.29, 0.717) is 0 Å². The minimum Gasteiger partial charge on any atom is -0.325 e. The Labute approximate surface area is 155 Å². The predicted molar refractivity (Wildman–Crippen MR) is 103 cm³/mol. The highest BCUT2D eigenvalue weighted by atomic mass is 79.9. The van der Waals surface area contributed by atoms with Crippen molar-refractivity contribution < 1.29 is 4.79 Å². The van der Waals surface area contributed by atoms with Crippen LogP contribution in [0.25, 0.3) is 0 Å². The number of nitrogens with one attached hydrogen (secondary N) is 1. The molecule has 4 nitrogen and oxygen atoms in total. The average Bonchev–Trinajstić information content (AvgIpc) is 3.08. The molecular weight excluding hydrogens is 386 g/mol. The van der Waals surface area contributed by atoms with E-state index in [1.54, 1.807) is 11.3 Å². The van der Waals surface area contributed by atoms with Crippen LogP contribution >= 0.6 is 27.3 Å². The molecule has 6 heteroatoms. The number of nitrogens with zero attached hydrogens (tertiary/aromatic N) is 2. The van der Waals surface area contributed by atoms with Crippen molar-refractivity contribution in [2.45, 2.75) is 19.5 Å². The monoisotopic (exact) mass is 407 g/mol. The first-order valence-corrected chi connectivity index (χ1v) is 9.89. The molecule has 1 saturated heterocycles. The third kappa shape index (κ3) is 4.66. The van der Waals surface area contributed by atoms with Gasteiger partial charge in [-0.15, -0.1) is 0 Å². The smallest absolute Gasteiger partial charge is 0.241 e. The normalized spacial score (nSPS) is 17.6. The van der Waals surface area contributed by atoms with Crippen LogP contribution in [0.2, 0.25) is 0 Å². The summed E-state index contributed by atoms with van der Waals surface area (Å²) in [5, 5.41) is 7.34. The molecule has 1 amide bonds. The first-order valence-electron chi connectivity index (χ1n) is 8.16. The summed E-state index contributed by atoms with van der Waals surface area (Å²) in [7, 11) is 0. The van der Waals surface area contributed by atoms with Crippen LogP contribution in [0.3, 0.4) is 0 Å². The van der Waals surface area contributed by atoms with Gasteiger partial charge in [0.15, 0.2) is 0 Å². The standard InChI is InChI=1S/C18H22BrN3OS/c1-14(18(23)20-17-4-2-3-16(19)11-17)22-8-6-21(7-9-22)12-15-5-10-24-13-15/h2-5,10-11,13-14H,6-9,12H2,1H3,(H,20,23)/t14-/m0/s1. The lowest BCUT2D eigenvalue weighted by molar-refractivity contribution is -0.121. The highest BCUT2D eigenvalue weighted by Crippen LogP contribution is 2.17. The van der Waals surface area contributed by atoms with Gasteiger partial charge in [0.25, 0.3) is 0 Å². The van der Waals surface area contributed by atoms with Crippen molar-refractivity contribution in [3.05, 3.63) is 51.1 Å². The van der Waals surface area contributed by atoms with Gasteiger partial charge < -0.3 is 5.32 Å². The maximum absolute atomic E-state index is 12.5. The number of piperazine rings is 1. The third-order valence-corrected chi connectivity index (χ3v) is 5.64. The Hall–Kier alpha value is -1.21. The average molecular weight is 408 g/mol. The summed E-state index contributed by atoms with van der Waals surface area (Å²) in [5.74, 6) is 0.0550. The number of anilines is 1. The van der Waals surface area contributed by atoms with Crippen molar-refractivity contribution in [3.63, 3.8) is 0 Å². The van der Waals surface area contributed by atoms with Gasteiger partial charge in [-0.2, -0.15) is 11.3 Å². The van der Waals surface area contributed by atoms with Gasteiger partial charge in [0.2, 0.25) is 5.91 Å². The number of hydrogen-bond acceptors (Lipinski definition) is 4. The number of carbonyl (C=O) groups is 1. The van der Waals surface area contributed by atoms with Crippen LogP contribution in [-0.4, -0.2) is 47.9 Å². The Balaban J connectivity index is 1.49. The van der Waals surface area contributed by atoms with E-state index in [1.807, 2.05) is 31.2 Å². The zero-order chi connectivity index (χ0) is 16.9. The molecule has 1 atom stereocenters. The number of amides is 1. The molecule has 1 aromatic carbocycles. The van der Waals surface area contributed by atoms with Gasteiger partial charge in [0.05, 0.1) is 6.04 Å². The number of thiophene rings is 1. The molecule has 3 rings (SSSR count). The maximum atomic E-state index is 12.5. The molecule has 2 aromatic rings. The van der Waals surface area contributed by atoms with E-state index in [0.717, 1.165) is 42.9 Å². The summed E-state index contributed by atoms with van der Waals surface area (Å²) in [5.41, 5.74) is 2.21. The fourth-order valence-corrected chi connectivity index (χ4v) is 3.99. The number of benzene rings is 1. The minimum absolute atomic E-state index is 0.0550. The Morgan fingerprint density at radius 3 is 2.75 bits per heavy atom. The second-order valence-electron chi connectivity index (χ2n) is 6.12. The van der Waals surface area contributed by atoms with Crippen LogP contribution in [0.5, 0.6) is 0 Å². The van der Waals surface area contributed by atoms with Gasteiger partial charge in [-0.3, -0.25) is 14.6 Å². The Morgan fingerprint density at radius 1 is 1.29 bits per heavy atom. The van der Waals surface area contributed by atoms with Crippen molar-refractivity contribution in [1.29, 1.82) is 0 Å². The van der Waals surface area contributed by atoms with E-state index in [2.05, 4.69) is 47.9 Å². The second-order valence-corrected chi connectivity index (χ2v) is 7.81. The van der Waals surface area contributed by atoms with Crippen molar-refractivity contribution in [2.24, 2.45) is 0 Å². The quantitative estimate of drug-likeness (QED) is 0.821. The van der Waals surface area contributed by atoms with E-state index < -0.39 is 0 Å². The van der Waals surface area contributed by atoms with E-state index in [4.69, 9.17) is 0 Å². The lowest BCUT2D eigenvalue weighted by Crippen LogP contribution is -2.52. The lowest BCUT2D eigenvalue weighted by Gasteiger charge is -2.37. The fraction of sp³-hybridized carbons (Fsp3) is 0.389. The number of carbonyl (C=O) groups excluding carboxylic acids is 1. The Morgan fingerprint density at radius 2 is 2.08 bits per heavy atom. The van der Waals surface area contributed by atoms with Crippen LogP contribution in [0.4, 0.5) is 5.69 Å². The number of halogens is 1. The van der Waals surface area contributed by atoms with Crippen molar-refractivity contribution in [2.75, 3.05) is 31.5 Å². The van der Waals surface area contributed by atoms with Gasteiger partial charge in [-0.1, -0.05) is 22.0 Å². The van der Waals surface area contributed by atoms with Gasteiger partial charge >= 0.3 is 0 Å². The van der Waals surface area contributed by atoms with Crippen molar-refractivity contribution >= 4 is 38.9 Å². The molecule has 1 aliphatic rings. The summed E-state index contributed by atoms with van der Waals surface area (Å²) in [6.45, 7) is 6.86. The van der Waals surface area contributed by atoms with Gasteiger partial charge in [-0.25, -0.2) is 0 Å². The SMILES string of the molecule is C[C@@H](C(=O)Nc1cccc(Br)c1)N1CCN(Cc2ccsc2)CC1. The van der Waals surface area contributed by atoms with Crippen LogP contribution in [-0.2, 0) is 11.3 Å². The van der Waals surface area contributed by atoms with E-state index >= 15 is 0 Å². The molecule has 0 radical (unpaired) electrons. The molecule has 0 aliphatic carbocycles. The summed E-state index contributed by atoms with van der Waals surface area (Å²) in [4.78, 5) is 17.2. The summed E-state index contributed by atoms with van der Waals surface area (Å²) >= 11 is 5.18. The second kappa shape index (κ2) is 8.25. The molecular formula is C18H22BrN3OS. The highest BCUT2D eigenvalue weighted by molar-refractivity contribution is 9.10. The van der Waals surface area contributed by atoms with Crippen LogP contribution in [0.1, 0.15) is 12.5 Å².